The summed E-state index contributed by atoms with van der Waals surface area (Å²) in [5.41, 5.74) is 3.60. The van der Waals surface area contributed by atoms with Crippen molar-refractivity contribution in [1.29, 1.82) is 0 Å². The number of fused-ring (bicyclic) bond motifs is 2. The molecule has 2 bridgehead atoms. The van der Waals surface area contributed by atoms with Gasteiger partial charge >= 0.3 is 0 Å². The second-order valence-electron chi connectivity index (χ2n) is 11.8. The number of pyridine rings is 1. The number of carbonyl (C=O) groups is 4. The highest BCUT2D eigenvalue weighted by atomic mass is 16.2. The fraction of sp³-hybridized carbons (Fsp3) is 0.314. The Bertz CT molecular complexity index is 1660. The lowest BCUT2D eigenvalue weighted by atomic mass is 10.0. The van der Waals surface area contributed by atoms with E-state index >= 15 is 0 Å². The van der Waals surface area contributed by atoms with Crippen molar-refractivity contribution in [3.63, 3.8) is 0 Å². The lowest BCUT2D eigenvalue weighted by molar-refractivity contribution is -0.124. The third kappa shape index (κ3) is 8.23. The normalized spacial score (nSPS) is 18.3. The molecule has 4 amide bonds. The van der Waals surface area contributed by atoms with Crippen molar-refractivity contribution >= 4 is 23.6 Å². The lowest BCUT2D eigenvalue weighted by Gasteiger charge is -2.30. The van der Waals surface area contributed by atoms with Gasteiger partial charge in [0.15, 0.2) is 0 Å². The molecule has 3 heterocycles. The highest BCUT2D eigenvalue weighted by Crippen LogP contribution is 2.22. The molecular weight excluding hydrogens is 582 g/mol. The maximum Gasteiger partial charge on any atom is 0.273 e. The molecule has 0 fully saturated rings. The predicted molar refractivity (Wildman–Crippen MR) is 174 cm³/mol. The third-order valence-electron chi connectivity index (χ3n) is 7.89. The topological polar surface area (TPSA) is 149 Å². The number of aromatic amines is 1. The van der Waals surface area contributed by atoms with Gasteiger partial charge in [-0.15, -0.1) is 0 Å². The second-order valence-corrected chi connectivity index (χ2v) is 11.8. The summed E-state index contributed by atoms with van der Waals surface area (Å²) in [5, 5.41) is 8.90. The largest absolute Gasteiger partial charge is 0.355 e. The quantitative estimate of drug-likeness (QED) is 0.269. The van der Waals surface area contributed by atoms with Crippen LogP contribution in [0.5, 0.6) is 0 Å². The Morgan fingerprint density at radius 1 is 0.957 bits per heavy atom. The Morgan fingerprint density at radius 3 is 2.43 bits per heavy atom. The predicted octanol–water partition coefficient (Wildman–Crippen LogP) is 3.16. The molecule has 4 N–H and O–H groups in total. The minimum Gasteiger partial charge on any atom is -0.355 e. The van der Waals surface area contributed by atoms with Crippen LogP contribution >= 0.6 is 0 Å². The number of carbonyl (C=O) groups excluding carboxylic acids is 4. The van der Waals surface area contributed by atoms with Crippen LogP contribution in [0, 0.1) is 5.92 Å². The van der Waals surface area contributed by atoms with Crippen molar-refractivity contribution in [3.05, 3.63) is 108 Å². The molecule has 46 heavy (non-hydrogen) atoms. The van der Waals surface area contributed by atoms with Crippen LogP contribution in [0.25, 0.3) is 11.3 Å². The summed E-state index contributed by atoms with van der Waals surface area (Å²) in [6.45, 7) is 3.89. The van der Waals surface area contributed by atoms with Gasteiger partial charge in [-0.05, 0) is 42.4 Å². The smallest absolute Gasteiger partial charge is 0.273 e. The van der Waals surface area contributed by atoms with Gasteiger partial charge in [0.25, 0.3) is 11.8 Å². The number of aryl methyl sites for hydroxylation is 1. The molecule has 0 saturated heterocycles. The molecule has 0 spiro atoms. The SMILES string of the molecule is CC(C)[C@H]1NC(=O)c2cncc(c2)CCCNC(=O)CN(C(=O)c2[nH]cnc2-c2ccccc2)C[C@@H](Cc2ccccc2)NC1=O. The summed E-state index contributed by atoms with van der Waals surface area (Å²) in [6, 6.07) is 19.2. The van der Waals surface area contributed by atoms with Gasteiger partial charge in [0.1, 0.15) is 17.4 Å². The monoisotopic (exact) mass is 621 g/mol. The van der Waals surface area contributed by atoms with Crippen LogP contribution in [0.4, 0.5) is 0 Å². The standard InChI is InChI=1S/C35H39N7O4/c1-23(2)30-34(45)40-28(17-24-10-5-3-6-11-24)20-42(35(46)32-31(38-22-39-32)26-13-7-4-8-14-26)21-29(43)37-15-9-12-25-16-27(19-36-18-25)33(44)41-30/h3-8,10-11,13-14,16,18-19,22-23,28,30H,9,12,15,17,20-21H2,1-2H3,(H,37,43)(H,38,39)(H,40,45)(H,41,44)/t28-,30-/m1/s1. The average Bonchev–Trinajstić information content (AvgIpc) is 3.55. The van der Waals surface area contributed by atoms with Crippen molar-refractivity contribution in [1.82, 2.24) is 35.8 Å². The molecule has 0 aliphatic carbocycles. The molecule has 11 nitrogen and oxygen atoms in total. The first-order valence-corrected chi connectivity index (χ1v) is 15.5. The molecule has 0 radical (unpaired) electrons. The molecule has 2 atom stereocenters. The zero-order valence-electron chi connectivity index (χ0n) is 26.0. The summed E-state index contributed by atoms with van der Waals surface area (Å²) in [7, 11) is 0. The number of imidazole rings is 1. The number of nitrogens with one attached hydrogen (secondary N) is 4. The van der Waals surface area contributed by atoms with E-state index in [2.05, 4.69) is 30.9 Å². The Kier molecular flexibility index (Phi) is 10.5. The number of benzene rings is 2. The Morgan fingerprint density at radius 2 is 1.70 bits per heavy atom. The molecule has 11 heteroatoms. The summed E-state index contributed by atoms with van der Waals surface area (Å²) < 4.78 is 0. The van der Waals surface area contributed by atoms with Gasteiger partial charge in [0, 0.05) is 31.0 Å². The first-order valence-electron chi connectivity index (χ1n) is 15.5. The molecule has 2 aromatic heterocycles. The van der Waals surface area contributed by atoms with Crippen molar-refractivity contribution in [2.75, 3.05) is 19.6 Å². The van der Waals surface area contributed by atoms with E-state index in [-0.39, 0.29) is 36.5 Å². The Labute approximate surface area is 268 Å². The van der Waals surface area contributed by atoms with E-state index in [1.165, 1.54) is 17.4 Å². The number of H-pyrrole nitrogens is 1. The molecule has 4 aromatic rings. The lowest BCUT2D eigenvalue weighted by Crippen LogP contribution is -2.55. The molecule has 1 aliphatic rings. The van der Waals surface area contributed by atoms with E-state index in [9.17, 15) is 19.2 Å². The number of aromatic nitrogens is 3. The van der Waals surface area contributed by atoms with Crippen LogP contribution in [0.3, 0.4) is 0 Å². The zero-order valence-corrected chi connectivity index (χ0v) is 26.0. The van der Waals surface area contributed by atoms with E-state index in [4.69, 9.17) is 0 Å². The van der Waals surface area contributed by atoms with Crippen molar-refractivity contribution < 1.29 is 19.2 Å². The minimum atomic E-state index is -0.852. The zero-order chi connectivity index (χ0) is 32.5. The van der Waals surface area contributed by atoms with Crippen LogP contribution < -0.4 is 16.0 Å². The fourth-order valence-electron chi connectivity index (χ4n) is 5.52. The van der Waals surface area contributed by atoms with E-state index in [1.54, 1.807) is 12.3 Å². The van der Waals surface area contributed by atoms with Gasteiger partial charge in [-0.1, -0.05) is 74.5 Å². The number of rotatable bonds is 5. The molecule has 1 aliphatic heterocycles. The fourth-order valence-corrected chi connectivity index (χ4v) is 5.52. The third-order valence-corrected chi connectivity index (χ3v) is 7.89. The van der Waals surface area contributed by atoms with Crippen LogP contribution in [0.2, 0.25) is 0 Å². The highest BCUT2D eigenvalue weighted by molar-refractivity contribution is 6.00. The summed E-state index contributed by atoms with van der Waals surface area (Å²) in [4.78, 5) is 67.6. The molecule has 5 rings (SSSR count). The van der Waals surface area contributed by atoms with Crippen LogP contribution in [-0.2, 0) is 22.4 Å². The van der Waals surface area contributed by atoms with E-state index in [0.29, 0.717) is 37.1 Å². The van der Waals surface area contributed by atoms with Crippen LogP contribution in [0.1, 0.15) is 52.2 Å². The van der Waals surface area contributed by atoms with Crippen molar-refractivity contribution in [2.24, 2.45) is 5.92 Å². The molecular formula is C35H39N7O4. The first kappa shape index (κ1) is 32.1. The Hall–Kier alpha value is -5.32. The van der Waals surface area contributed by atoms with Gasteiger partial charge in [-0.3, -0.25) is 24.2 Å². The number of amides is 4. The molecule has 0 saturated carbocycles. The van der Waals surface area contributed by atoms with Gasteiger partial charge in [-0.2, -0.15) is 0 Å². The number of hydrogen-bond acceptors (Lipinski definition) is 6. The maximum atomic E-state index is 14.2. The van der Waals surface area contributed by atoms with Gasteiger partial charge in [0.05, 0.1) is 24.5 Å². The second kappa shape index (κ2) is 15.1. The maximum absolute atomic E-state index is 14.2. The molecule has 238 valence electrons. The van der Waals surface area contributed by atoms with Gasteiger partial charge in [-0.25, -0.2) is 4.98 Å². The summed E-state index contributed by atoms with van der Waals surface area (Å²) in [5.74, 6) is -1.77. The average molecular weight is 622 g/mol. The Balaban J connectivity index is 1.49. The number of hydrogen-bond donors (Lipinski definition) is 4. The minimum absolute atomic E-state index is 0.0313. The van der Waals surface area contributed by atoms with Gasteiger partial charge in [0.2, 0.25) is 11.8 Å². The van der Waals surface area contributed by atoms with Crippen LogP contribution in [-0.4, -0.2) is 75.2 Å². The van der Waals surface area contributed by atoms with Gasteiger partial charge < -0.3 is 25.8 Å². The molecule has 2 aromatic carbocycles. The number of nitrogens with zero attached hydrogens (tertiary/aromatic N) is 3. The van der Waals surface area contributed by atoms with E-state index in [1.807, 2.05) is 74.5 Å². The molecule has 0 unspecified atom stereocenters. The van der Waals surface area contributed by atoms with Crippen LogP contribution in [0.15, 0.2) is 85.5 Å². The van der Waals surface area contributed by atoms with Crippen molar-refractivity contribution in [2.45, 2.75) is 45.2 Å². The van der Waals surface area contributed by atoms with E-state index < -0.39 is 23.9 Å². The summed E-state index contributed by atoms with van der Waals surface area (Å²) >= 11 is 0. The van der Waals surface area contributed by atoms with Crippen molar-refractivity contribution in [3.8, 4) is 11.3 Å². The first-order chi connectivity index (χ1) is 22.3. The van der Waals surface area contributed by atoms with E-state index in [0.717, 1.165) is 16.7 Å². The highest BCUT2D eigenvalue weighted by Gasteiger charge is 2.31. The summed E-state index contributed by atoms with van der Waals surface area (Å²) in [6.07, 6.45) is 6.19.